The summed E-state index contributed by atoms with van der Waals surface area (Å²) in [5.74, 6) is -1.74. The number of anilines is 1. The van der Waals surface area contributed by atoms with E-state index in [9.17, 15) is 19.7 Å². The van der Waals surface area contributed by atoms with Crippen LogP contribution in [0.5, 0.6) is 0 Å². The summed E-state index contributed by atoms with van der Waals surface area (Å²) in [6, 6.07) is 5.43. The Bertz CT molecular complexity index is 750. The summed E-state index contributed by atoms with van der Waals surface area (Å²) in [7, 11) is 0. The van der Waals surface area contributed by atoms with E-state index in [0.29, 0.717) is 5.69 Å². The molecule has 0 spiro atoms. The van der Waals surface area contributed by atoms with Crippen LogP contribution in [0, 0.1) is 22.0 Å². The molecule has 0 N–H and O–H groups in total. The van der Waals surface area contributed by atoms with Gasteiger partial charge in [-0.3, -0.25) is 19.7 Å². The minimum Gasteiger partial charge on any atom is -0.359 e. The monoisotopic (exact) mass is 314 g/mol. The fourth-order valence-electron chi connectivity index (χ4n) is 4.01. The fraction of sp³-hybridized carbons (Fsp3) is 0.375. The van der Waals surface area contributed by atoms with Gasteiger partial charge in [0.1, 0.15) is 0 Å². The van der Waals surface area contributed by atoms with E-state index in [1.165, 1.54) is 24.3 Å². The molecule has 2 saturated heterocycles. The maximum absolute atomic E-state index is 12.8. The molecule has 23 heavy (non-hydrogen) atoms. The van der Waals surface area contributed by atoms with Gasteiger partial charge in [-0.1, -0.05) is 12.2 Å². The number of nitro benzene ring substituents is 1. The number of carbonyl (C=O) groups is 2. The average Bonchev–Trinajstić information content (AvgIpc) is 3.04. The van der Waals surface area contributed by atoms with Crippen LogP contribution in [0.1, 0.15) is 13.8 Å². The molecule has 7 heteroatoms. The van der Waals surface area contributed by atoms with Crippen molar-refractivity contribution in [3.05, 3.63) is 46.5 Å². The van der Waals surface area contributed by atoms with Crippen LogP contribution in [0.25, 0.3) is 0 Å². The largest absolute Gasteiger partial charge is 0.359 e. The zero-order chi connectivity index (χ0) is 16.6. The molecule has 0 radical (unpaired) electrons. The van der Waals surface area contributed by atoms with E-state index in [4.69, 9.17) is 4.74 Å². The highest BCUT2D eigenvalue weighted by Crippen LogP contribution is 2.57. The lowest BCUT2D eigenvalue weighted by molar-refractivity contribution is -0.384. The highest BCUT2D eigenvalue weighted by atomic mass is 16.6. The van der Waals surface area contributed by atoms with Gasteiger partial charge in [0.2, 0.25) is 11.8 Å². The topological polar surface area (TPSA) is 89.8 Å². The Kier molecular flexibility index (Phi) is 2.48. The molecule has 1 aromatic carbocycles. The molecule has 2 bridgehead atoms. The van der Waals surface area contributed by atoms with Crippen LogP contribution in [0.2, 0.25) is 0 Å². The second-order valence-corrected chi connectivity index (χ2v) is 6.54. The lowest BCUT2D eigenvalue weighted by Crippen LogP contribution is -2.39. The molecule has 3 aliphatic heterocycles. The summed E-state index contributed by atoms with van der Waals surface area (Å²) < 4.78 is 5.92. The summed E-state index contributed by atoms with van der Waals surface area (Å²) in [6.07, 6.45) is 3.69. The number of hydrogen-bond acceptors (Lipinski definition) is 5. The van der Waals surface area contributed by atoms with Crippen LogP contribution in [0.15, 0.2) is 36.4 Å². The second-order valence-electron chi connectivity index (χ2n) is 6.54. The smallest absolute Gasteiger partial charge is 0.269 e. The van der Waals surface area contributed by atoms with Crippen molar-refractivity contribution < 1.29 is 19.2 Å². The number of nitrogens with zero attached hydrogens (tertiary/aromatic N) is 2. The molecule has 4 unspecified atom stereocenters. The van der Waals surface area contributed by atoms with Crippen molar-refractivity contribution in [3.8, 4) is 0 Å². The van der Waals surface area contributed by atoms with Crippen LogP contribution >= 0.6 is 0 Å². The summed E-state index contributed by atoms with van der Waals surface area (Å²) >= 11 is 0. The van der Waals surface area contributed by atoms with Gasteiger partial charge in [-0.05, 0) is 26.0 Å². The SMILES string of the molecule is CC12C=CC(C)(O1)C1C(=O)N(c3ccc([N+](=O)[O-])cc3)C(=O)C12. The number of carbonyl (C=O) groups excluding carboxylic acids is 2. The number of rotatable bonds is 2. The number of amides is 2. The van der Waals surface area contributed by atoms with E-state index in [-0.39, 0.29) is 17.5 Å². The van der Waals surface area contributed by atoms with Crippen molar-refractivity contribution in [2.75, 3.05) is 4.90 Å². The zero-order valence-corrected chi connectivity index (χ0v) is 12.6. The van der Waals surface area contributed by atoms with E-state index in [2.05, 4.69) is 0 Å². The Morgan fingerprint density at radius 1 is 1.04 bits per heavy atom. The Labute approximate surface area is 131 Å². The standard InChI is InChI=1S/C16H14N2O5/c1-15-7-8-16(2,23-15)12-11(15)13(19)17(14(12)20)9-3-5-10(6-4-9)18(21)22/h3-8,11-12H,1-2H3. The molecule has 118 valence electrons. The number of benzene rings is 1. The normalized spacial score (nSPS) is 37.6. The van der Waals surface area contributed by atoms with Gasteiger partial charge in [-0.2, -0.15) is 0 Å². The van der Waals surface area contributed by atoms with E-state index in [1.54, 1.807) is 0 Å². The molecule has 0 aromatic heterocycles. The van der Waals surface area contributed by atoms with Crippen molar-refractivity contribution in [2.24, 2.45) is 11.8 Å². The first kappa shape index (κ1) is 14.1. The van der Waals surface area contributed by atoms with Gasteiger partial charge < -0.3 is 4.74 Å². The van der Waals surface area contributed by atoms with Gasteiger partial charge >= 0.3 is 0 Å². The molecule has 3 aliphatic rings. The average molecular weight is 314 g/mol. The third-order valence-electron chi connectivity index (χ3n) is 5.05. The molecule has 2 fully saturated rings. The van der Waals surface area contributed by atoms with Crippen LogP contribution in [-0.2, 0) is 14.3 Å². The van der Waals surface area contributed by atoms with Crippen molar-refractivity contribution in [3.63, 3.8) is 0 Å². The number of hydrogen-bond donors (Lipinski definition) is 0. The van der Waals surface area contributed by atoms with Gasteiger partial charge in [-0.15, -0.1) is 0 Å². The van der Waals surface area contributed by atoms with Gasteiger partial charge in [-0.25, -0.2) is 4.90 Å². The van der Waals surface area contributed by atoms with Crippen molar-refractivity contribution in [1.82, 2.24) is 0 Å². The summed E-state index contributed by atoms with van der Waals surface area (Å²) in [5, 5.41) is 10.7. The first-order valence-electron chi connectivity index (χ1n) is 7.30. The third kappa shape index (κ3) is 1.62. The number of nitro groups is 1. The molecule has 2 amide bonds. The molecule has 0 aliphatic carbocycles. The zero-order valence-electron chi connectivity index (χ0n) is 12.6. The lowest BCUT2D eigenvalue weighted by Gasteiger charge is -2.25. The van der Waals surface area contributed by atoms with Crippen LogP contribution in [0.3, 0.4) is 0 Å². The van der Waals surface area contributed by atoms with E-state index < -0.39 is 28.0 Å². The fourth-order valence-corrected chi connectivity index (χ4v) is 4.01. The summed E-state index contributed by atoms with van der Waals surface area (Å²) in [6.45, 7) is 3.62. The van der Waals surface area contributed by atoms with Crippen LogP contribution in [0.4, 0.5) is 11.4 Å². The number of fused-ring (bicyclic) bond motifs is 5. The van der Waals surface area contributed by atoms with Crippen molar-refractivity contribution >= 4 is 23.2 Å². The number of ether oxygens (including phenoxy) is 1. The molecular weight excluding hydrogens is 300 g/mol. The van der Waals surface area contributed by atoms with Gasteiger partial charge in [0.15, 0.2) is 0 Å². The van der Waals surface area contributed by atoms with Gasteiger partial charge in [0.25, 0.3) is 5.69 Å². The highest BCUT2D eigenvalue weighted by Gasteiger charge is 2.70. The van der Waals surface area contributed by atoms with Crippen molar-refractivity contribution in [2.45, 2.75) is 25.0 Å². The highest BCUT2D eigenvalue weighted by molar-refractivity contribution is 6.23. The maximum Gasteiger partial charge on any atom is 0.269 e. The Balaban J connectivity index is 1.75. The van der Waals surface area contributed by atoms with E-state index in [1.807, 2.05) is 26.0 Å². The van der Waals surface area contributed by atoms with Crippen LogP contribution in [-0.4, -0.2) is 27.9 Å². The molecule has 3 heterocycles. The summed E-state index contributed by atoms with van der Waals surface area (Å²) in [5.41, 5.74) is -1.28. The molecule has 1 aromatic rings. The quantitative estimate of drug-likeness (QED) is 0.359. The van der Waals surface area contributed by atoms with E-state index >= 15 is 0 Å². The Hall–Kier alpha value is -2.54. The molecule has 0 saturated carbocycles. The Morgan fingerprint density at radius 2 is 1.52 bits per heavy atom. The third-order valence-corrected chi connectivity index (χ3v) is 5.05. The number of imide groups is 1. The molecular formula is C16H14N2O5. The van der Waals surface area contributed by atoms with E-state index in [0.717, 1.165) is 4.90 Å². The first-order valence-corrected chi connectivity index (χ1v) is 7.30. The van der Waals surface area contributed by atoms with Crippen LogP contribution < -0.4 is 4.90 Å². The molecule has 7 nitrogen and oxygen atoms in total. The molecule has 4 atom stereocenters. The predicted molar refractivity (Wildman–Crippen MR) is 79.6 cm³/mol. The first-order chi connectivity index (χ1) is 10.8. The number of non-ortho nitro benzene ring substituents is 1. The Morgan fingerprint density at radius 3 is 1.96 bits per heavy atom. The predicted octanol–water partition coefficient (Wildman–Crippen LogP) is 1.82. The maximum atomic E-state index is 12.8. The summed E-state index contributed by atoms with van der Waals surface area (Å²) in [4.78, 5) is 37.0. The van der Waals surface area contributed by atoms with Crippen molar-refractivity contribution in [1.29, 1.82) is 0 Å². The second kappa shape index (κ2) is 4.05. The minimum atomic E-state index is -0.776. The van der Waals surface area contributed by atoms with Gasteiger partial charge in [0.05, 0.1) is 33.6 Å². The molecule has 4 rings (SSSR count). The lowest BCUT2D eigenvalue weighted by atomic mass is 9.73. The minimum absolute atomic E-state index is 0.0861. The van der Waals surface area contributed by atoms with Gasteiger partial charge in [0, 0.05) is 12.1 Å².